The zero-order valence-electron chi connectivity index (χ0n) is 12.1. The number of rotatable bonds is 5. The van der Waals surface area contributed by atoms with Crippen LogP contribution in [0, 0.1) is 10.8 Å². The van der Waals surface area contributed by atoms with Gasteiger partial charge in [0.2, 0.25) is 0 Å². The van der Waals surface area contributed by atoms with Crippen molar-refractivity contribution in [1.82, 2.24) is 0 Å². The molecule has 1 aliphatic heterocycles. The average molecular weight is 259 g/mol. The first-order chi connectivity index (χ1) is 9.00. The van der Waals surface area contributed by atoms with E-state index in [1.807, 2.05) is 0 Å². The summed E-state index contributed by atoms with van der Waals surface area (Å²) in [4.78, 5) is 2.48. The smallest absolute Gasteiger partial charge is 0.0963 e. The van der Waals surface area contributed by atoms with Crippen molar-refractivity contribution in [1.29, 1.82) is 5.41 Å². The Balaban J connectivity index is 1.93. The third-order valence-corrected chi connectivity index (χ3v) is 4.17. The Morgan fingerprint density at radius 3 is 2.84 bits per heavy atom. The Hall–Kier alpha value is -1.51. The predicted octanol–water partition coefficient (Wildman–Crippen LogP) is 3.18. The molecule has 0 saturated heterocycles. The Kier molecular flexibility index (Phi) is 4.13. The van der Waals surface area contributed by atoms with E-state index in [0.717, 1.165) is 25.9 Å². The van der Waals surface area contributed by atoms with E-state index in [2.05, 4.69) is 43.0 Å². The molecule has 19 heavy (non-hydrogen) atoms. The van der Waals surface area contributed by atoms with Crippen LogP contribution < -0.4 is 10.6 Å². The summed E-state index contributed by atoms with van der Waals surface area (Å²) in [5.41, 5.74) is 8.33. The van der Waals surface area contributed by atoms with Crippen LogP contribution in [0.15, 0.2) is 24.3 Å². The number of benzene rings is 1. The lowest BCUT2D eigenvalue weighted by atomic mass is 9.86. The minimum Gasteiger partial charge on any atom is -0.387 e. The standard InChI is InChI=1S/C16H25N3/c1-16(2,15(17)18)10-6-12-19-11-5-8-13-7-3-4-9-14(13)19/h3-4,7,9H,5-6,8,10-12H2,1-2H3,(H3,17,18). The maximum atomic E-state index is 7.60. The van der Waals surface area contributed by atoms with Gasteiger partial charge in [0, 0.05) is 24.2 Å². The fourth-order valence-electron chi connectivity index (χ4n) is 2.69. The third kappa shape index (κ3) is 3.28. The highest BCUT2D eigenvalue weighted by molar-refractivity contribution is 5.82. The van der Waals surface area contributed by atoms with Crippen molar-refractivity contribution in [2.45, 2.75) is 39.5 Å². The number of amidine groups is 1. The van der Waals surface area contributed by atoms with Crippen LogP contribution in [0.25, 0.3) is 0 Å². The predicted molar refractivity (Wildman–Crippen MR) is 81.9 cm³/mol. The van der Waals surface area contributed by atoms with Crippen molar-refractivity contribution >= 4 is 11.5 Å². The van der Waals surface area contributed by atoms with Crippen LogP contribution >= 0.6 is 0 Å². The molecule has 1 aliphatic rings. The summed E-state index contributed by atoms with van der Waals surface area (Å²) in [6.45, 7) is 6.32. The highest BCUT2D eigenvalue weighted by atomic mass is 15.1. The van der Waals surface area contributed by atoms with Gasteiger partial charge >= 0.3 is 0 Å². The van der Waals surface area contributed by atoms with Crippen LogP contribution in [-0.4, -0.2) is 18.9 Å². The van der Waals surface area contributed by atoms with Gasteiger partial charge in [0.25, 0.3) is 0 Å². The molecule has 0 radical (unpaired) electrons. The van der Waals surface area contributed by atoms with E-state index in [-0.39, 0.29) is 5.41 Å². The van der Waals surface area contributed by atoms with Crippen molar-refractivity contribution in [2.75, 3.05) is 18.0 Å². The minimum absolute atomic E-state index is 0.171. The molecular formula is C16H25N3. The summed E-state index contributed by atoms with van der Waals surface area (Å²) >= 11 is 0. The molecule has 0 saturated carbocycles. The first kappa shape index (κ1) is 13.9. The summed E-state index contributed by atoms with van der Waals surface area (Å²) in [7, 11) is 0. The molecule has 0 atom stereocenters. The summed E-state index contributed by atoms with van der Waals surface area (Å²) in [5.74, 6) is 0.298. The Bertz CT molecular complexity index is 451. The van der Waals surface area contributed by atoms with Crippen molar-refractivity contribution in [3.05, 3.63) is 29.8 Å². The van der Waals surface area contributed by atoms with Gasteiger partial charge in [0.1, 0.15) is 0 Å². The highest BCUT2D eigenvalue weighted by Gasteiger charge is 2.22. The molecule has 2 rings (SSSR count). The van der Waals surface area contributed by atoms with Gasteiger partial charge in [-0.05, 0) is 37.3 Å². The molecule has 1 heterocycles. The summed E-state index contributed by atoms with van der Waals surface area (Å²) in [6, 6.07) is 8.71. The molecule has 0 aromatic heterocycles. The van der Waals surface area contributed by atoms with Gasteiger partial charge in [0.05, 0.1) is 5.84 Å². The second-order valence-corrected chi connectivity index (χ2v) is 6.12. The Labute approximate surface area is 116 Å². The molecule has 0 unspecified atom stereocenters. The van der Waals surface area contributed by atoms with Crippen LogP contribution in [-0.2, 0) is 6.42 Å². The van der Waals surface area contributed by atoms with Gasteiger partial charge in [-0.15, -0.1) is 0 Å². The number of nitrogens with two attached hydrogens (primary N) is 1. The number of anilines is 1. The molecule has 3 N–H and O–H groups in total. The summed E-state index contributed by atoms with van der Waals surface area (Å²) in [5, 5.41) is 7.60. The van der Waals surface area contributed by atoms with Crippen LogP contribution in [0.2, 0.25) is 0 Å². The van der Waals surface area contributed by atoms with E-state index in [4.69, 9.17) is 11.1 Å². The fourth-order valence-corrected chi connectivity index (χ4v) is 2.69. The largest absolute Gasteiger partial charge is 0.387 e. The second kappa shape index (κ2) is 5.64. The summed E-state index contributed by atoms with van der Waals surface area (Å²) in [6.07, 6.45) is 4.50. The lowest BCUT2D eigenvalue weighted by molar-refractivity contribution is 0.448. The van der Waals surface area contributed by atoms with Gasteiger partial charge in [-0.1, -0.05) is 32.0 Å². The highest BCUT2D eigenvalue weighted by Crippen LogP contribution is 2.28. The van der Waals surface area contributed by atoms with Gasteiger partial charge in [-0.3, -0.25) is 5.41 Å². The zero-order valence-corrected chi connectivity index (χ0v) is 12.1. The number of hydrogen-bond donors (Lipinski definition) is 2. The average Bonchev–Trinajstić information content (AvgIpc) is 2.38. The van der Waals surface area contributed by atoms with Crippen molar-refractivity contribution in [3.8, 4) is 0 Å². The molecule has 3 nitrogen and oxygen atoms in total. The monoisotopic (exact) mass is 259 g/mol. The van der Waals surface area contributed by atoms with Crippen LogP contribution in [0.4, 0.5) is 5.69 Å². The lowest BCUT2D eigenvalue weighted by Gasteiger charge is -2.32. The van der Waals surface area contributed by atoms with Crippen LogP contribution in [0.1, 0.15) is 38.7 Å². The zero-order chi connectivity index (χ0) is 13.9. The number of hydrogen-bond acceptors (Lipinski definition) is 2. The van der Waals surface area contributed by atoms with E-state index < -0.39 is 0 Å². The maximum Gasteiger partial charge on any atom is 0.0963 e. The quantitative estimate of drug-likeness (QED) is 0.630. The first-order valence-corrected chi connectivity index (χ1v) is 7.18. The number of para-hydroxylation sites is 1. The fraction of sp³-hybridized carbons (Fsp3) is 0.562. The molecular weight excluding hydrogens is 234 g/mol. The second-order valence-electron chi connectivity index (χ2n) is 6.12. The van der Waals surface area contributed by atoms with Crippen molar-refractivity contribution in [2.24, 2.45) is 11.1 Å². The van der Waals surface area contributed by atoms with Crippen molar-refractivity contribution < 1.29 is 0 Å². The Morgan fingerprint density at radius 1 is 1.37 bits per heavy atom. The SMILES string of the molecule is CC(C)(CCCN1CCCc2ccccc21)C(=N)N. The van der Waals surface area contributed by atoms with Gasteiger partial charge in [0.15, 0.2) is 0 Å². The van der Waals surface area contributed by atoms with Gasteiger partial charge in [-0.25, -0.2) is 0 Å². The number of aryl methyl sites for hydroxylation is 1. The van der Waals surface area contributed by atoms with Gasteiger partial charge < -0.3 is 10.6 Å². The lowest BCUT2D eigenvalue weighted by Crippen LogP contribution is -2.34. The van der Waals surface area contributed by atoms with E-state index >= 15 is 0 Å². The van der Waals surface area contributed by atoms with E-state index in [0.29, 0.717) is 5.84 Å². The molecule has 0 fully saturated rings. The van der Waals surface area contributed by atoms with Crippen LogP contribution in [0.5, 0.6) is 0 Å². The van der Waals surface area contributed by atoms with E-state index in [1.54, 1.807) is 0 Å². The molecule has 0 spiro atoms. The van der Waals surface area contributed by atoms with E-state index in [9.17, 15) is 0 Å². The molecule has 104 valence electrons. The topological polar surface area (TPSA) is 53.1 Å². The first-order valence-electron chi connectivity index (χ1n) is 7.18. The molecule has 1 aromatic rings. The summed E-state index contributed by atoms with van der Waals surface area (Å²) < 4.78 is 0. The molecule has 0 bridgehead atoms. The number of nitrogens with one attached hydrogen (secondary N) is 1. The maximum absolute atomic E-state index is 7.60. The van der Waals surface area contributed by atoms with Gasteiger partial charge in [-0.2, -0.15) is 0 Å². The van der Waals surface area contributed by atoms with Crippen LogP contribution in [0.3, 0.4) is 0 Å². The number of fused-ring (bicyclic) bond motifs is 1. The van der Waals surface area contributed by atoms with E-state index in [1.165, 1.54) is 24.1 Å². The third-order valence-electron chi connectivity index (χ3n) is 4.17. The number of nitrogens with zero attached hydrogens (tertiary/aromatic N) is 1. The molecule has 1 aromatic carbocycles. The van der Waals surface area contributed by atoms with Crippen molar-refractivity contribution in [3.63, 3.8) is 0 Å². The normalized spacial score (nSPS) is 15.2. The molecule has 0 aliphatic carbocycles. The molecule has 0 amide bonds. The minimum atomic E-state index is -0.171. The Morgan fingerprint density at radius 2 is 2.11 bits per heavy atom. The molecule has 3 heteroatoms.